The van der Waals surface area contributed by atoms with Crippen LogP contribution in [0.1, 0.15) is 43.0 Å². The Labute approximate surface area is 207 Å². The van der Waals surface area contributed by atoms with Crippen LogP contribution >= 0.6 is 23.2 Å². The zero-order chi connectivity index (χ0) is 24.4. The Morgan fingerprint density at radius 2 is 1.76 bits per heavy atom. The van der Waals surface area contributed by atoms with Gasteiger partial charge in [0.1, 0.15) is 5.57 Å². The Balaban J connectivity index is 1.64. The first-order valence-electron chi connectivity index (χ1n) is 10.9. The lowest BCUT2D eigenvalue weighted by atomic mass is 9.98. The summed E-state index contributed by atoms with van der Waals surface area (Å²) in [7, 11) is 0. The van der Waals surface area contributed by atoms with Crippen LogP contribution in [0.3, 0.4) is 0 Å². The molecule has 0 aliphatic carbocycles. The monoisotopic (exact) mass is 495 g/mol. The van der Waals surface area contributed by atoms with Gasteiger partial charge in [0, 0.05) is 28.5 Å². The van der Waals surface area contributed by atoms with Gasteiger partial charge in [-0.05, 0) is 65.9 Å². The van der Waals surface area contributed by atoms with E-state index < -0.39 is 17.8 Å². The second kappa shape index (κ2) is 9.87. The van der Waals surface area contributed by atoms with Gasteiger partial charge in [-0.1, -0.05) is 55.2 Å². The Morgan fingerprint density at radius 3 is 2.44 bits per heavy atom. The zero-order valence-corrected chi connectivity index (χ0v) is 20.2. The van der Waals surface area contributed by atoms with E-state index in [9.17, 15) is 14.4 Å². The Morgan fingerprint density at radius 1 is 1.03 bits per heavy atom. The first kappa shape index (κ1) is 23.8. The molecule has 34 heavy (non-hydrogen) atoms. The molecule has 0 radical (unpaired) electrons. The van der Waals surface area contributed by atoms with Crippen molar-refractivity contribution in [2.45, 2.75) is 32.7 Å². The molecule has 1 unspecified atom stereocenters. The minimum absolute atomic E-state index is 0.132. The molecule has 1 N–H and O–H groups in total. The van der Waals surface area contributed by atoms with Gasteiger partial charge in [-0.2, -0.15) is 0 Å². The molecule has 0 spiro atoms. The lowest BCUT2D eigenvalue weighted by molar-refractivity contribution is -0.122. The molecule has 1 saturated heterocycles. The molecule has 2 aromatic carbocycles. The first-order valence-corrected chi connectivity index (χ1v) is 11.6. The lowest BCUT2D eigenvalue weighted by Gasteiger charge is -2.26. The van der Waals surface area contributed by atoms with E-state index in [2.05, 4.69) is 19.2 Å². The molecule has 1 fully saturated rings. The van der Waals surface area contributed by atoms with Crippen LogP contribution in [0.5, 0.6) is 0 Å². The summed E-state index contributed by atoms with van der Waals surface area (Å²) in [5.41, 5.74) is 2.83. The second-order valence-corrected chi connectivity index (χ2v) is 9.00. The standard InChI is InChI=1S/C26H23Cl2N3O3/c1-3-16(2)17-7-10-20(11-8-17)31-25(33)22(24(32)29-26(31)34)14-21-5-4-12-30(21)15-18-6-9-19(27)13-23(18)28/h4-14,16H,3,15H2,1-2H3,(H,29,32,34). The van der Waals surface area contributed by atoms with E-state index in [1.807, 2.05) is 29.0 Å². The third kappa shape index (κ3) is 4.79. The van der Waals surface area contributed by atoms with Crippen LogP contribution in [0.4, 0.5) is 10.5 Å². The van der Waals surface area contributed by atoms with E-state index >= 15 is 0 Å². The molecule has 4 rings (SSSR count). The summed E-state index contributed by atoms with van der Waals surface area (Å²) in [6, 6.07) is 15.3. The van der Waals surface area contributed by atoms with E-state index in [0.29, 0.717) is 33.9 Å². The quantitative estimate of drug-likeness (QED) is 0.335. The highest BCUT2D eigenvalue weighted by atomic mass is 35.5. The third-order valence-corrected chi connectivity index (χ3v) is 6.53. The number of imide groups is 2. The third-order valence-electron chi connectivity index (χ3n) is 5.95. The van der Waals surface area contributed by atoms with Crippen molar-refractivity contribution < 1.29 is 14.4 Å². The molecular formula is C26H23Cl2N3O3. The largest absolute Gasteiger partial charge is 0.343 e. The van der Waals surface area contributed by atoms with Gasteiger partial charge in [-0.15, -0.1) is 0 Å². The fourth-order valence-electron chi connectivity index (χ4n) is 3.76. The summed E-state index contributed by atoms with van der Waals surface area (Å²) >= 11 is 12.3. The van der Waals surface area contributed by atoms with Crippen LogP contribution < -0.4 is 10.2 Å². The minimum atomic E-state index is -0.772. The van der Waals surface area contributed by atoms with Gasteiger partial charge in [0.15, 0.2) is 0 Å². The van der Waals surface area contributed by atoms with Gasteiger partial charge in [0.2, 0.25) is 0 Å². The van der Waals surface area contributed by atoms with Crippen LogP contribution in [0.25, 0.3) is 6.08 Å². The predicted molar refractivity (Wildman–Crippen MR) is 134 cm³/mol. The summed E-state index contributed by atoms with van der Waals surface area (Å²) in [4.78, 5) is 39.3. The second-order valence-electron chi connectivity index (χ2n) is 8.16. The molecule has 1 aromatic heterocycles. The summed E-state index contributed by atoms with van der Waals surface area (Å²) < 4.78 is 1.85. The van der Waals surface area contributed by atoms with E-state index in [4.69, 9.17) is 23.2 Å². The van der Waals surface area contributed by atoms with Crippen molar-refractivity contribution in [2.24, 2.45) is 0 Å². The Kier molecular flexibility index (Phi) is 6.91. The zero-order valence-electron chi connectivity index (χ0n) is 18.7. The minimum Gasteiger partial charge on any atom is -0.343 e. The highest BCUT2D eigenvalue weighted by molar-refractivity contribution is 6.39. The summed E-state index contributed by atoms with van der Waals surface area (Å²) in [6.07, 6.45) is 4.28. The summed E-state index contributed by atoms with van der Waals surface area (Å²) in [5, 5.41) is 3.32. The molecule has 1 aliphatic rings. The number of benzene rings is 2. The first-order chi connectivity index (χ1) is 16.3. The number of barbiturate groups is 1. The van der Waals surface area contributed by atoms with Crippen molar-refractivity contribution in [2.75, 3.05) is 4.90 Å². The molecule has 1 aliphatic heterocycles. The molecule has 0 bridgehead atoms. The van der Waals surface area contributed by atoms with Gasteiger partial charge in [0.25, 0.3) is 11.8 Å². The average Bonchev–Trinajstić information content (AvgIpc) is 3.25. The number of halogens is 2. The molecule has 6 nitrogen and oxygen atoms in total. The smallest absolute Gasteiger partial charge is 0.335 e. The van der Waals surface area contributed by atoms with Crippen molar-refractivity contribution in [3.05, 3.63) is 93.2 Å². The number of aromatic nitrogens is 1. The molecule has 8 heteroatoms. The highest BCUT2D eigenvalue weighted by Gasteiger charge is 2.37. The molecular weight excluding hydrogens is 473 g/mol. The van der Waals surface area contributed by atoms with Crippen LogP contribution in [0.2, 0.25) is 10.0 Å². The molecule has 3 aromatic rings. The van der Waals surface area contributed by atoms with E-state index in [0.717, 1.165) is 22.4 Å². The topological polar surface area (TPSA) is 71.4 Å². The molecule has 0 saturated carbocycles. The van der Waals surface area contributed by atoms with Crippen LogP contribution in [-0.4, -0.2) is 22.4 Å². The molecule has 4 amide bonds. The van der Waals surface area contributed by atoms with Crippen LogP contribution in [0.15, 0.2) is 66.4 Å². The number of carbonyl (C=O) groups is 3. The van der Waals surface area contributed by atoms with E-state index in [-0.39, 0.29) is 5.57 Å². The maximum atomic E-state index is 13.2. The van der Waals surface area contributed by atoms with Gasteiger partial charge in [0.05, 0.1) is 5.69 Å². The molecule has 174 valence electrons. The van der Waals surface area contributed by atoms with Crippen molar-refractivity contribution in [3.8, 4) is 0 Å². The van der Waals surface area contributed by atoms with Crippen LogP contribution in [-0.2, 0) is 16.1 Å². The molecule has 2 heterocycles. The van der Waals surface area contributed by atoms with E-state index in [1.54, 1.807) is 36.4 Å². The van der Waals surface area contributed by atoms with Gasteiger partial charge in [-0.25, -0.2) is 9.69 Å². The summed E-state index contributed by atoms with van der Waals surface area (Å²) in [6.45, 7) is 4.62. The number of anilines is 1. The Hall–Kier alpha value is -3.35. The number of nitrogens with zero attached hydrogens (tertiary/aromatic N) is 2. The number of hydrogen-bond donors (Lipinski definition) is 1. The lowest BCUT2D eigenvalue weighted by Crippen LogP contribution is -2.54. The predicted octanol–water partition coefficient (Wildman–Crippen LogP) is 6.02. The number of hydrogen-bond acceptors (Lipinski definition) is 3. The number of carbonyl (C=O) groups excluding carboxylic acids is 3. The van der Waals surface area contributed by atoms with Crippen molar-refractivity contribution in [1.82, 2.24) is 9.88 Å². The van der Waals surface area contributed by atoms with Gasteiger partial charge >= 0.3 is 6.03 Å². The van der Waals surface area contributed by atoms with Crippen molar-refractivity contribution in [1.29, 1.82) is 0 Å². The van der Waals surface area contributed by atoms with Gasteiger partial charge < -0.3 is 4.57 Å². The summed E-state index contributed by atoms with van der Waals surface area (Å²) in [5.74, 6) is -1.05. The van der Waals surface area contributed by atoms with Crippen molar-refractivity contribution >= 4 is 52.8 Å². The normalized spacial score (nSPS) is 16.2. The number of urea groups is 1. The number of nitrogens with one attached hydrogen (secondary N) is 1. The maximum Gasteiger partial charge on any atom is 0.335 e. The highest BCUT2D eigenvalue weighted by Crippen LogP contribution is 2.26. The fraction of sp³-hybridized carbons (Fsp3) is 0.192. The van der Waals surface area contributed by atoms with E-state index in [1.165, 1.54) is 6.08 Å². The van der Waals surface area contributed by atoms with Crippen LogP contribution in [0, 0.1) is 0 Å². The fourth-order valence-corrected chi connectivity index (χ4v) is 4.23. The van der Waals surface area contributed by atoms with Gasteiger partial charge in [-0.3, -0.25) is 14.9 Å². The Bertz CT molecular complexity index is 1290. The molecule has 1 atom stereocenters. The number of rotatable bonds is 6. The average molecular weight is 496 g/mol. The SMILES string of the molecule is CCC(C)c1ccc(N2C(=O)NC(=O)C(=Cc3cccn3Cc3ccc(Cl)cc3Cl)C2=O)cc1. The van der Waals surface area contributed by atoms with Crippen molar-refractivity contribution in [3.63, 3.8) is 0 Å². The number of amides is 4. The maximum absolute atomic E-state index is 13.2.